The maximum atomic E-state index is 11.3. The molecule has 0 amide bonds. The van der Waals surface area contributed by atoms with Gasteiger partial charge in [0.1, 0.15) is 0 Å². The lowest BCUT2D eigenvalue weighted by Gasteiger charge is -2.02. The minimum Gasteiger partial charge on any atom is -0.319 e. The Morgan fingerprint density at radius 1 is 1.27 bits per heavy atom. The molecular weight excluding hydrogens is 235 g/mol. The quantitative estimate of drug-likeness (QED) is 0.792. The van der Waals surface area contributed by atoms with E-state index in [1.54, 1.807) is 12.1 Å². The predicted octanol–water partition coefficient (Wildman–Crippen LogP) is 2.22. The summed E-state index contributed by atoms with van der Waals surface area (Å²) >= 11 is 1.51. The molecule has 78 valence electrons. The molecule has 6 heteroatoms. The number of carbonyl (C=O) groups excluding carboxylic acids is 1. The van der Waals surface area contributed by atoms with Gasteiger partial charge >= 0.3 is 7.60 Å². The molecule has 1 aromatic carbocycles. The molecule has 2 rings (SSSR count). The van der Waals surface area contributed by atoms with E-state index in [0.717, 1.165) is 10.1 Å². The number of rotatable bonds is 2. The van der Waals surface area contributed by atoms with Crippen LogP contribution in [-0.2, 0) is 4.57 Å². The van der Waals surface area contributed by atoms with Crippen molar-refractivity contribution in [3.63, 3.8) is 0 Å². The third-order valence-electron chi connectivity index (χ3n) is 1.96. The maximum Gasteiger partial charge on any atom is 0.396 e. The third-order valence-corrected chi connectivity index (χ3v) is 3.65. The molecule has 0 fully saturated rings. The van der Waals surface area contributed by atoms with Crippen molar-refractivity contribution in [2.45, 2.75) is 0 Å². The Morgan fingerprint density at radius 2 is 2.00 bits per heavy atom. The number of hydrogen-bond acceptors (Lipinski definition) is 3. The second kappa shape index (κ2) is 3.54. The maximum absolute atomic E-state index is 11.3. The fraction of sp³-hybridized carbons (Fsp3) is 0. The highest BCUT2D eigenvalue weighted by molar-refractivity contribution is 7.70. The van der Waals surface area contributed by atoms with Crippen LogP contribution < -0.4 is 0 Å². The van der Waals surface area contributed by atoms with Crippen molar-refractivity contribution in [1.82, 2.24) is 0 Å². The Morgan fingerprint density at radius 3 is 2.67 bits per heavy atom. The average molecular weight is 242 g/mol. The Hall–Kier alpha value is -1.00. The van der Waals surface area contributed by atoms with Crippen LogP contribution in [0.3, 0.4) is 0 Å². The lowest BCUT2D eigenvalue weighted by atomic mass is 10.2. The zero-order valence-corrected chi connectivity index (χ0v) is 9.16. The van der Waals surface area contributed by atoms with Gasteiger partial charge < -0.3 is 9.79 Å². The molecule has 1 aromatic heterocycles. The molecule has 0 aliphatic carbocycles. The highest BCUT2D eigenvalue weighted by Gasteiger charge is 2.27. The summed E-state index contributed by atoms with van der Waals surface area (Å²) in [5, 5.41) is 2.68. The van der Waals surface area contributed by atoms with Crippen molar-refractivity contribution < 1.29 is 19.1 Å². The molecule has 0 aliphatic heterocycles. The summed E-state index contributed by atoms with van der Waals surface area (Å²) < 4.78 is 11.7. The van der Waals surface area contributed by atoms with Crippen LogP contribution in [0, 0.1) is 0 Å². The number of thiophene rings is 1. The van der Waals surface area contributed by atoms with Crippen LogP contribution in [0.4, 0.5) is 0 Å². The van der Waals surface area contributed by atoms with E-state index in [-0.39, 0.29) is 5.56 Å². The van der Waals surface area contributed by atoms with Gasteiger partial charge in [-0.2, -0.15) is 0 Å². The first kappa shape index (κ1) is 10.5. The summed E-state index contributed by atoms with van der Waals surface area (Å²) in [6.45, 7) is 0. The van der Waals surface area contributed by atoms with Gasteiger partial charge in [0, 0.05) is 10.3 Å². The fourth-order valence-electron chi connectivity index (χ4n) is 1.27. The van der Waals surface area contributed by atoms with Crippen LogP contribution >= 0.6 is 18.9 Å². The van der Waals surface area contributed by atoms with Crippen molar-refractivity contribution in [3.8, 4) is 0 Å². The van der Waals surface area contributed by atoms with Crippen LogP contribution in [0.1, 0.15) is 10.4 Å². The average Bonchev–Trinajstić information content (AvgIpc) is 2.61. The van der Waals surface area contributed by atoms with Crippen LogP contribution in [0.15, 0.2) is 29.6 Å². The molecule has 1 heterocycles. The molecule has 0 unspecified atom stereocenters. The van der Waals surface area contributed by atoms with E-state index in [0.29, 0.717) is 0 Å². The summed E-state index contributed by atoms with van der Waals surface area (Å²) in [7, 11) is -4.67. The largest absolute Gasteiger partial charge is 0.396 e. The Balaban J connectivity index is 2.53. The number of fused-ring (bicyclic) bond motifs is 1. The summed E-state index contributed by atoms with van der Waals surface area (Å²) in [4.78, 5) is 28.7. The van der Waals surface area contributed by atoms with Gasteiger partial charge in [-0.3, -0.25) is 9.36 Å². The second-order valence-electron chi connectivity index (χ2n) is 3.02. The zero-order valence-electron chi connectivity index (χ0n) is 7.45. The second-order valence-corrected chi connectivity index (χ2v) is 5.46. The van der Waals surface area contributed by atoms with Crippen molar-refractivity contribution in [2.75, 3.05) is 0 Å². The highest BCUT2D eigenvalue weighted by atomic mass is 32.1. The first-order chi connectivity index (χ1) is 6.98. The Labute approximate surface area is 89.3 Å². The van der Waals surface area contributed by atoms with Gasteiger partial charge in [-0.1, -0.05) is 0 Å². The van der Waals surface area contributed by atoms with Gasteiger partial charge in [-0.25, -0.2) is 0 Å². The SMILES string of the molecule is O=C(c1ccc2sccc2c1)P(=O)(O)O. The van der Waals surface area contributed by atoms with Gasteiger partial charge in [0.15, 0.2) is 0 Å². The van der Waals surface area contributed by atoms with Crippen molar-refractivity contribution in [1.29, 1.82) is 0 Å². The highest BCUT2D eigenvalue weighted by Crippen LogP contribution is 2.39. The van der Waals surface area contributed by atoms with Crippen LogP contribution in [-0.4, -0.2) is 15.3 Å². The van der Waals surface area contributed by atoms with E-state index in [1.165, 1.54) is 23.5 Å². The normalized spacial score (nSPS) is 11.9. The van der Waals surface area contributed by atoms with Crippen molar-refractivity contribution in [3.05, 3.63) is 35.2 Å². The van der Waals surface area contributed by atoms with E-state index < -0.39 is 13.1 Å². The van der Waals surface area contributed by atoms with E-state index in [2.05, 4.69) is 0 Å². The molecule has 2 aromatic rings. The van der Waals surface area contributed by atoms with E-state index in [4.69, 9.17) is 9.79 Å². The fourth-order valence-corrected chi connectivity index (χ4v) is 2.51. The summed E-state index contributed by atoms with van der Waals surface area (Å²) in [5.74, 6) is 0. The smallest absolute Gasteiger partial charge is 0.319 e. The molecule has 0 aliphatic rings. The predicted molar refractivity (Wildman–Crippen MR) is 58.2 cm³/mol. The van der Waals surface area contributed by atoms with Crippen LogP contribution in [0.5, 0.6) is 0 Å². The third kappa shape index (κ3) is 2.01. The molecule has 0 saturated heterocycles. The van der Waals surface area contributed by atoms with Gasteiger partial charge in [-0.05, 0) is 35.0 Å². The van der Waals surface area contributed by atoms with E-state index >= 15 is 0 Å². The van der Waals surface area contributed by atoms with Gasteiger partial charge in [-0.15, -0.1) is 11.3 Å². The molecule has 4 nitrogen and oxygen atoms in total. The topological polar surface area (TPSA) is 74.6 Å². The molecule has 0 spiro atoms. The molecule has 0 radical (unpaired) electrons. The standard InChI is InChI=1S/C9H7O4PS/c10-9(14(11,12)13)7-1-2-8-6(5-7)3-4-15-8/h1-5H,(H2,11,12,13). The number of benzene rings is 1. The van der Waals surface area contributed by atoms with Gasteiger partial charge in [0.05, 0.1) is 0 Å². The van der Waals surface area contributed by atoms with Crippen LogP contribution in [0.25, 0.3) is 10.1 Å². The molecule has 0 atom stereocenters. The minimum absolute atomic E-state index is 0.0502. The van der Waals surface area contributed by atoms with E-state index in [1.807, 2.05) is 5.38 Å². The Bertz CT molecular complexity index is 568. The molecule has 0 bridgehead atoms. The molecule has 15 heavy (non-hydrogen) atoms. The molecule has 2 N–H and O–H groups in total. The number of carbonyl (C=O) groups is 1. The lowest BCUT2D eigenvalue weighted by molar-refractivity contribution is 0.104. The minimum atomic E-state index is -4.67. The first-order valence-electron chi connectivity index (χ1n) is 4.06. The Kier molecular flexibility index (Phi) is 2.48. The summed E-state index contributed by atoms with van der Waals surface area (Å²) in [5.41, 5.74) is -1.08. The van der Waals surface area contributed by atoms with Gasteiger partial charge in [0.2, 0.25) is 0 Å². The van der Waals surface area contributed by atoms with Crippen molar-refractivity contribution >= 4 is 34.5 Å². The number of hydrogen-bond donors (Lipinski definition) is 2. The van der Waals surface area contributed by atoms with E-state index in [9.17, 15) is 9.36 Å². The zero-order chi connectivity index (χ0) is 11.1. The summed E-state index contributed by atoms with van der Waals surface area (Å²) in [6, 6.07) is 6.41. The monoisotopic (exact) mass is 242 g/mol. The van der Waals surface area contributed by atoms with Crippen molar-refractivity contribution in [2.24, 2.45) is 0 Å². The van der Waals surface area contributed by atoms with Crippen LogP contribution in [0.2, 0.25) is 0 Å². The van der Waals surface area contributed by atoms with Gasteiger partial charge in [0.25, 0.3) is 5.52 Å². The lowest BCUT2D eigenvalue weighted by Crippen LogP contribution is -1.99. The molecule has 0 saturated carbocycles. The summed E-state index contributed by atoms with van der Waals surface area (Å²) in [6.07, 6.45) is 0. The first-order valence-corrected chi connectivity index (χ1v) is 6.55. The molecular formula is C9H7O4PS.